The van der Waals surface area contributed by atoms with Crippen molar-refractivity contribution >= 4 is 43.2 Å². The van der Waals surface area contributed by atoms with Crippen molar-refractivity contribution < 1.29 is 4.74 Å². The zero-order valence-corrected chi connectivity index (χ0v) is 14.9. The van der Waals surface area contributed by atoms with Crippen molar-refractivity contribution in [3.05, 3.63) is 50.1 Å². The van der Waals surface area contributed by atoms with Gasteiger partial charge >= 0.3 is 0 Å². The maximum Gasteiger partial charge on any atom is 0.119 e. The van der Waals surface area contributed by atoms with E-state index in [0.29, 0.717) is 0 Å². The molecule has 0 saturated heterocycles. The number of thiophene rings is 1. The number of ether oxygens (including phenoxy) is 1. The molecule has 2 rings (SSSR count). The first-order chi connectivity index (χ1) is 9.11. The summed E-state index contributed by atoms with van der Waals surface area (Å²) in [5, 5.41) is 0. The summed E-state index contributed by atoms with van der Waals surface area (Å²) in [6.07, 6.45) is 1.03. The Balaban J connectivity index is 2.20. The highest BCUT2D eigenvalue weighted by Crippen LogP contribution is 2.39. The van der Waals surface area contributed by atoms with Crippen LogP contribution in [-0.2, 0) is 0 Å². The van der Waals surface area contributed by atoms with E-state index in [2.05, 4.69) is 63.9 Å². The number of rotatable bonds is 5. The van der Waals surface area contributed by atoms with Crippen LogP contribution in [0.5, 0.6) is 5.75 Å². The highest BCUT2D eigenvalue weighted by molar-refractivity contribution is 9.10. The second-order valence-corrected chi connectivity index (χ2v) is 7.39. The number of alkyl halides is 1. The molecule has 1 unspecified atom stereocenters. The first-order valence-corrected chi connectivity index (χ1v) is 8.77. The van der Waals surface area contributed by atoms with Gasteiger partial charge in [-0.15, -0.1) is 11.3 Å². The minimum Gasteiger partial charge on any atom is -0.494 e. The standard InChI is InChI=1S/C15H16Br2OS/c1-3-7-18-12-6-4-5-11(8-12)15(17)14-9-13(16)10(2)19-14/h4-6,8-9,15H,3,7H2,1-2H3. The van der Waals surface area contributed by atoms with Crippen LogP contribution in [0.25, 0.3) is 0 Å². The summed E-state index contributed by atoms with van der Waals surface area (Å²) in [5.74, 6) is 0.941. The van der Waals surface area contributed by atoms with Crippen molar-refractivity contribution in [3.63, 3.8) is 0 Å². The van der Waals surface area contributed by atoms with E-state index in [-0.39, 0.29) is 4.83 Å². The van der Waals surface area contributed by atoms with E-state index in [9.17, 15) is 0 Å². The smallest absolute Gasteiger partial charge is 0.119 e. The Morgan fingerprint density at radius 1 is 1.32 bits per heavy atom. The number of halogens is 2. The normalized spacial score (nSPS) is 12.4. The van der Waals surface area contributed by atoms with Crippen molar-refractivity contribution in [2.24, 2.45) is 0 Å². The van der Waals surface area contributed by atoms with Gasteiger partial charge in [0.25, 0.3) is 0 Å². The maximum atomic E-state index is 5.68. The molecule has 0 radical (unpaired) electrons. The highest BCUT2D eigenvalue weighted by atomic mass is 79.9. The molecule has 4 heteroatoms. The Kier molecular flexibility index (Phi) is 5.48. The molecule has 0 amide bonds. The Labute approximate surface area is 135 Å². The largest absolute Gasteiger partial charge is 0.494 e. The second kappa shape index (κ2) is 6.91. The summed E-state index contributed by atoms with van der Waals surface area (Å²) in [6.45, 7) is 5.00. The van der Waals surface area contributed by atoms with Crippen LogP contribution in [0.15, 0.2) is 34.8 Å². The molecule has 0 bridgehead atoms. The third-order valence-corrected chi connectivity index (χ3v) is 6.28. The average Bonchev–Trinajstić information content (AvgIpc) is 2.76. The third kappa shape index (κ3) is 3.83. The first kappa shape index (κ1) is 15.1. The van der Waals surface area contributed by atoms with Crippen LogP contribution in [0.2, 0.25) is 0 Å². The first-order valence-electron chi connectivity index (χ1n) is 6.24. The molecule has 1 aromatic carbocycles. The fraction of sp³-hybridized carbons (Fsp3) is 0.333. The molecule has 0 aliphatic rings. The maximum absolute atomic E-state index is 5.68. The molecule has 2 aromatic rings. The van der Waals surface area contributed by atoms with Gasteiger partial charge in [-0.25, -0.2) is 0 Å². The molecule has 0 N–H and O–H groups in total. The summed E-state index contributed by atoms with van der Waals surface area (Å²) < 4.78 is 6.86. The van der Waals surface area contributed by atoms with Crippen molar-refractivity contribution in [2.75, 3.05) is 6.61 Å². The van der Waals surface area contributed by atoms with Crippen LogP contribution in [-0.4, -0.2) is 6.61 Å². The van der Waals surface area contributed by atoms with E-state index in [1.807, 2.05) is 12.1 Å². The Morgan fingerprint density at radius 3 is 2.74 bits per heavy atom. The fourth-order valence-electron chi connectivity index (χ4n) is 1.75. The van der Waals surface area contributed by atoms with E-state index < -0.39 is 0 Å². The Bertz CT molecular complexity index is 531. The van der Waals surface area contributed by atoms with Crippen LogP contribution < -0.4 is 4.74 Å². The zero-order chi connectivity index (χ0) is 13.8. The van der Waals surface area contributed by atoms with Crippen LogP contribution >= 0.6 is 43.2 Å². The lowest BCUT2D eigenvalue weighted by molar-refractivity contribution is 0.317. The van der Waals surface area contributed by atoms with Crippen molar-refractivity contribution in [2.45, 2.75) is 25.1 Å². The summed E-state index contributed by atoms with van der Waals surface area (Å²) >= 11 is 9.15. The van der Waals surface area contributed by atoms with E-state index in [1.165, 1.54) is 19.8 Å². The monoisotopic (exact) mass is 402 g/mol. The lowest BCUT2D eigenvalue weighted by Crippen LogP contribution is -1.96. The van der Waals surface area contributed by atoms with Crippen LogP contribution in [0.3, 0.4) is 0 Å². The van der Waals surface area contributed by atoms with Crippen molar-refractivity contribution in [1.82, 2.24) is 0 Å². The molecular weight excluding hydrogens is 388 g/mol. The molecule has 0 aliphatic heterocycles. The molecule has 1 nitrogen and oxygen atoms in total. The van der Waals surface area contributed by atoms with Crippen molar-refractivity contribution in [3.8, 4) is 5.75 Å². The van der Waals surface area contributed by atoms with Gasteiger partial charge in [-0.1, -0.05) is 35.0 Å². The molecule has 1 heterocycles. The summed E-state index contributed by atoms with van der Waals surface area (Å²) in [5.41, 5.74) is 1.22. The van der Waals surface area contributed by atoms with Crippen LogP contribution in [0.1, 0.15) is 33.5 Å². The molecule has 0 aliphatic carbocycles. The van der Waals surface area contributed by atoms with Gasteiger partial charge in [-0.05, 0) is 53.0 Å². The van der Waals surface area contributed by atoms with Gasteiger partial charge in [0.15, 0.2) is 0 Å². The number of aryl methyl sites for hydroxylation is 1. The third-order valence-electron chi connectivity index (χ3n) is 2.75. The summed E-state index contributed by atoms with van der Waals surface area (Å²) in [4.78, 5) is 2.82. The van der Waals surface area contributed by atoms with Gasteiger partial charge in [0, 0.05) is 14.2 Å². The quantitative estimate of drug-likeness (QED) is 0.548. The average molecular weight is 404 g/mol. The SMILES string of the molecule is CCCOc1cccc(C(Br)c2cc(Br)c(C)s2)c1. The topological polar surface area (TPSA) is 9.23 Å². The molecule has 102 valence electrons. The van der Waals surface area contributed by atoms with Gasteiger partial charge in [0.2, 0.25) is 0 Å². The van der Waals surface area contributed by atoms with Crippen molar-refractivity contribution in [1.29, 1.82) is 0 Å². The second-order valence-electron chi connectivity index (χ2n) is 4.34. The van der Waals surface area contributed by atoms with Gasteiger partial charge in [0.1, 0.15) is 5.75 Å². The predicted molar refractivity (Wildman–Crippen MR) is 89.8 cm³/mol. The molecule has 1 atom stereocenters. The van der Waals surface area contributed by atoms with Crippen LogP contribution in [0, 0.1) is 6.92 Å². The zero-order valence-electron chi connectivity index (χ0n) is 11.0. The number of hydrogen-bond donors (Lipinski definition) is 0. The summed E-state index contributed by atoms with van der Waals surface area (Å²) in [7, 11) is 0. The summed E-state index contributed by atoms with van der Waals surface area (Å²) in [6, 6.07) is 10.5. The number of benzene rings is 1. The fourth-order valence-corrected chi connectivity index (χ4v) is 4.02. The molecule has 1 aromatic heterocycles. The van der Waals surface area contributed by atoms with Gasteiger partial charge in [-0.3, -0.25) is 0 Å². The molecule has 0 saturated carbocycles. The van der Waals surface area contributed by atoms with Gasteiger partial charge in [-0.2, -0.15) is 0 Å². The Hall–Kier alpha value is -0.320. The minimum absolute atomic E-state index is 0.215. The molecule has 0 spiro atoms. The van der Waals surface area contributed by atoms with E-state index in [0.717, 1.165) is 18.8 Å². The Morgan fingerprint density at radius 2 is 2.11 bits per heavy atom. The predicted octanol–water partition coefficient (Wildman–Crippen LogP) is 6.09. The van der Waals surface area contributed by atoms with Crippen LogP contribution in [0.4, 0.5) is 0 Å². The van der Waals surface area contributed by atoms with Gasteiger partial charge < -0.3 is 4.74 Å². The lowest BCUT2D eigenvalue weighted by atomic mass is 10.1. The number of hydrogen-bond acceptors (Lipinski definition) is 2. The lowest BCUT2D eigenvalue weighted by Gasteiger charge is -2.11. The van der Waals surface area contributed by atoms with E-state index in [4.69, 9.17) is 4.74 Å². The highest BCUT2D eigenvalue weighted by Gasteiger charge is 2.15. The van der Waals surface area contributed by atoms with Gasteiger partial charge in [0.05, 0.1) is 11.4 Å². The molecule has 19 heavy (non-hydrogen) atoms. The van der Waals surface area contributed by atoms with E-state index >= 15 is 0 Å². The molecular formula is C15H16Br2OS. The van der Waals surface area contributed by atoms with E-state index in [1.54, 1.807) is 11.3 Å². The molecule has 0 fully saturated rings. The minimum atomic E-state index is 0.215.